The molecule has 0 aromatic heterocycles. The smallest absolute Gasteiger partial charge is 0.305 e. The number of carbonyl (C=O) groups is 1. The molecule has 0 N–H and O–H groups in total. The molecule has 5 aliphatic rings. The van der Waals surface area contributed by atoms with Crippen LogP contribution in [0, 0.1) is 39.9 Å². The summed E-state index contributed by atoms with van der Waals surface area (Å²) in [6.45, 7) is 11.2. The van der Waals surface area contributed by atoms with Gasteiger partial charge in [-0.3, -0.25) is 4.79 Å². The molecular formula is C29H46O4. The van der Waals surface area contributed by atoms with Gasteiger partial charge in [0.05, 0.1) is 20.3 Å². The zero-order chi connectivity index (χ0) is 23.5. The minimum absolute atomic E-state index is 0.0548. The van der Waals surface area contributed by atoms with Crippen molar-refractivity contribution >= 4 is 5.97 Å². The van der Waals surface area contributed by atoms with E-state index < -0.39 is 0 Å². The van der Waals surface area contributed by atoms with E-state index in [1.165, 1.54) is 52.1 Å². The minimum Gasteiger partial charge on any atom is -0.469 e. The molecule has 6 atom stereocenters. The van der Waals surface area contributed by atoms with E-state index in [4.69, 9.17) is 14.2 Å². The van der Waals surface area contributed by atoms with Crippen LogP contribution in [0.1, 0.15) is 98.3 Å². The van der Waals surface area contributed by atoms with Crippen molar-refractivity contribution < 1.29 is 19.0 Å². The molecule has 0 radical (unpaired) electrons. The summed E-state index contributed by atoms with van der Waals surface area (Å²) >= 11 is 0. The molecule has 1 spiro atoms. The van der Waals surface area contributed by atoms with E-state index in [0.717, 1.165) is 56.1 Å². The highest BCUT2D eigenvalue weighted by Gasteiger charge is 2.60. The Labute approximate surface area is 201 Å². The van der Waals surface area contributed by atoms with Crippen LogP contribution < -0.4 is 0 Å². The monoisotopic (exact) mass is 458 g/mol. The highest BCUT2D eigenvalue weighted by molar-refractivity contribution is 5.68. The Kier molecular flexibility index (Phi) is 6.04. The number of rotatable bonds is 4. The summed E-state index contributed by atoms with van der Waals surface area (Å²) in [4.78, 5) is 11.6. The lowest BCUT2D eigenvalue weighted by Gasteiger charge is -2.60. The van der Waals surface area contributed by atoms with Crippen molar-refractivity contribution in [1.29, 1.82) is 0 Å². The maximum absolute atomic E-state index is 11.6. The van der Waals surface area contributed by atoms with E-state index in [0.29, 0.717) is 17.3 Å². The number of carbonyl (C=O) groups excluding carboxylic acids is 1. The summed E-state index contributed by atoms with van der Waals surface area (Å²) < 4.78 is 17.7. The van der Waals surface area contributed by atoms with Gasteiger partial charge in [0.15, 0.2) is 5.79 Å². The van der Waals surface area contributed by atoms with E-state index in [1.54, 1.807) is 5.57 Å². The largest absolute Gasteiger partial charge is 0.469 e. The summed E-state index contributed by atoms with van der Waals surface area (Å²) in [5.41, 5.74) is 2.53. The third kappa shape index (κ3) is 4.01. The van der Waals surface area contributed by atoms with Crippen LogP contribution in [0.15, 0.2) is 11.6 Å². The lowest BCUT2D eigenvalue weighted by molar-refractivity contribution is -0.310. The van der Waals surface area contributed by atoms with Crippen molar-refractivity contribution in [1.82, 2.24) is 0 Å². The molecule has 1 aliphatic heterocycles. The van der Waals surface area contributed by atoms with E-state index in [-0.39, 0.29) is 17.2 Å². The normalized spacial score (nSPS) is 43.2. The van der Waals surface area contributed by atoms with Crippen LogP contribution in [0.3, 0.4) is 0 Å². The van der Waals surface area contributed by atoms with Crippen LogP contribution in [0.4, 0.5) is 0 Å². The predicted molar refractivity (Wildman–Crippen MR) is 129 cm³/mol. The Morgan fingerprint density at radius 1 is 1.03 bits per heavy atom. The second-order valence-electron chi connectivity index (χ2n) is 13.4. The molecule has 3 saturated carbocycles. The third-order valence-corrected chi connectivity index (χ3v) is 10.9. The molecule has 1 heterocycles. The van der Waals surface area contributed by atoms with Gasteiger partial charge in [-0.15, -0.1) is 0 Å². The maximum atomic E-state index is 11.6. The standard InChI is InChI=1S/C29H46O4/c1-26(2)18-32-29(33-19-26)16-15-28(4)21(17-29)9-11-22-23-12-10-20(7-6-8-25(30)31-5)27(23,3)14-13-24(22)28/h9,20,22-24H,6-8,10-19H2,1-5H3. The van der Waals surface area contributed by atoms with Crippen LogP contribution in [-0.2, 0) is 19.0 Å². The number of hydrogen-bond acceptors (Lipinski definition) is 4. The Balaban J connectivity index is 1.29. The lowest BCUT2D eigenvalue weighted by Crippen LogP contribution is -2.55. The van der Waals surface area contributed by atoms with Gasteiger partial charge in [-0.2, -0.15) is 0 Å². The number of methoxy groups -OCH3 is 1. The molecule has 0 bridgehead atoms. The Bertz CT molecular complexity index is 789. The van der Waals surface area contributed by atoms with Crippen LogP contribution in [-0.4, -0.2) is 32.1 Å². The molecule has 5 rings (SSSR count). The van der Waals surface area contributed by atoms with Crippen molar-refractivity contribution in [2.45, 2.75) is 104 Å². The van der Waals surface area contributed by atoms with Gasteiger partial charge in [-0.25, -0.2) is 0 Å². The van der Waals surface area contributed by atoms with Gasteiger partial charge in [0.25, 0.3) is 0 Å². The molecule has 4 aliphatic carbocycles. The summed E-state index contributed by atoms with van der Waals surface area (Å²) in [6.07, 6.45) is 15.3. The van der Waals surface area contributed by atoms with Gasteiger partial charge >= 0.3 is 5.97 Å². The van der Waals surface area contributed by atoms with Crippen molar-refractivity contribution in [3.63, 3.8) is 0 Å². The molecule has 4 heteroatoms. The van der Waals surface area contributed by atoms with Crippen molar-refractivity contribution in [3.8, 4) is 0 Å². The number of ether oxygens (including phenoxy) is 3. The highest BCUT2D eigenvalue weighted by atomic mass is 16.7. The van der Waals surface area contributed by atoms with Gasteiger partial charge in [0.1, 0.15) is 0 Å². The van der Waals surface area contributed by atoms with Crippen LogP contribution >= 0.6 is 0 Å². The molecule has 1 saturated heterocycles. The SMILES string of the molecule is COC(=O)CCCC1CCC2C3CC=C4CC5(CCC4(C)C3CCC12C)OCC(C)(C)CO5. The zero-order valence-electron chi connectivity index (χ0n) is 21.7. The number of fused-ring (bicyclic) bond motifs is 5. The fraction of sp³-hybridized carbons (Fsp3) is 0.897. The summed E-state index contributed by atoms with van der Waals surface area (Å²) in [5, 5.41) is 0. The van der Waals surface area contributed by atoms with Gasteiger partial charge in [0.2, 0.25) is 0 Å². The maximum Gasteiger partial charge on any atom is 0.305 e. The first-order valence-corrected chi connectivity index (χ1v) is 13.7. The lowest BCUT2D eigenvalue weighted by atomic mass is 9.47. The highest BCUT2D eigenvalue weighted by Crippen LogP contribution is 2.67. The number of allylic oxidation sites excluding steroid dienone is 1. The summed E-state index contributed by atoms with van der Waals surface area (Å²) in [5.74, 6) is 2.82. The third-order valence-electron chi connectivity index (χ3n) is 10.9. The summed E-state index contributed by atoms with van der Waals surface area (Å²) in [7, 11) is 1.50. The van der Waals surface area contributed by atoms with Gasteiger partial charge in [0, 0.05) is 24.7 Å². The van der Waals surface area contributed by atoms with Crippen molar-refractivity contribution in [2.75, 3.05) is 20.3 Å². The fourth-order valence-corrected chi connectivity index (χ4v) is 8.77. The number of esters is 1. The topological polar surface area (TPSA) is 44.8 Å². The molecule has 0 aromatic carbocycles. The van der Waals surface area contributed by atoms with E-state index in [1.807, 2.05) is 0 Å². The second kappa shape index (κ2) is 8.36. The molecule has 33 heavy (non-hydrogen) atoms. The Morgan fingerprint density at radius 2 is 1.79 bits per heavy atom. The molecule has 0 aromatic rings. The molecule has 186 valence electrons. The first-order valence-electron chi connectivity index (χ1n) is 13.7. The van der Waals surface area contributed by atoms with E-state index in [2.05, 4.69) is 33.8 Å². The van der Waals surface area contributed by atoms with Crippen LogP contribution in [0.5, 0.6) is 0 Å². The first kappa shape index (κ1) is 23.9. The molecule has 4 nitrogen and oxygen atoms in total. The molecular weight excluding hydrogens is 412 g/mol. The van der Waals surface area contributed by atoms with Crippen molar-refractivity contribution in [2.24, 2.45) is 39.9 Å². The zero-order valence-corrected chi connectivity index (χ0v) is 21.7. The van der Waals surface area contributed by atoms with Crippen LogP contribution in [0.25, 0.3) is 0 Å². The Hall–Kier alpha value is -0.870. The predicted octanol–water partition coefficient (Wildman–Crippen LogP) is 6.68. The van der Waals surface area contributed by atoms with E-state index >= 15 is 0 Å². The minimum atomic E-state index is -0.366. The number of hydrogen-bond donors (Lipinski definition) is 0. The average molecular weight is 459 g/mol. The first-order chi connectivity index (χ1) is 15.6. The molecule has 4 fully saturated rings. The van der Waals surface area contributed by atoms with Gasteiger partial charge < -0.3 is 14.2 Å². The summed E-state index contributed by atoms with van der Waals surface area (Å²) in [6, 6.07) is 0. The molecule has 6 unspecified atom stereocenters. The van der Waals surface area contributed by atoms with Gasteiger partial charge in [-0.05, 0) is 85.9 Å². The quantitative estimate of drug-likeness (QED) is 0.348. The van der Waals surface area contributed by atoms with Crippen LogP contribution in [0.2, 0.25) is 0 Å². The fourth-order valence-electron chi connectivity index (χ4n) is 8.77. The average Bonchev–Trinajstić information content (AvgIpc) is 3.13. The van der Waals surface area contributed by atoms with Gasteiger partial charge in [-0.1, -0.05) is 39.3 Å². The van der Waals surface area contributed by atoms with Crippen molar-refractivity contribution in [3.05, 3.63) is 11.6 Å². The second-order valence-corrected chi connectivity index (χ2v) is 13.4. The Morgan fingerprint density at radius 3 is 2.52 bits per heavy atom. The molecule has 0 amide bonds. The van der Waals surface area contributed by atoms with E-state index in [9.17, 15) is 4.79 Å².